The molecule has 0 saturated carbocycles. The average Bonchev–Trinajstić information content (AvgIpc) is 2.49. The topological polar surface area (TPSA) is 79.5 Å². The van der Waals surface area contributed by atoms with E-state index in [2.05, 4.69) is 9.88 Å². The number of nitro benzene ring substituents is 1. The number of aliphatic hydroxyl groups is 1. The Bertz CT molecular complexity index is 572. The first-order valence-corrected chi connectivity index (χ1v) is 6.64. The second-order valence-electron chi connectivity index (χ2n) is 4.72. The van der Waals surface area contributed by atoms with Gasteiger partial charge < -0.3 is 5.11 Å². The van der Waals surface area contributed by atoms with Gasteiger partial charge in [-0.2, -0.15) is 0 Å². The summed E-state index contributed by atoms with van der Waals surface area (Å²) >= 11 is 0. The summed E-state index contributed by atoms with van der Waals surface area (Å²) < 4.78 is 0. The molecule has 6 nitrogen and oxygen atoms in total. The van der Waals surface area contributed by atoms with E-state index in [0.29, 0.717) is 19.6 Å². The molecule has 0 aliphatic heterocycles. The molecule has 0 radical (unpaired) electrons. The summed E-state index contributed by atoms with van der Waals surface area (Å²) in [5, 5.41) is 19.8. The zero-order valence-corrected chi connectivity index (χ0v) is 11.6. The Morgan fingerprint density at radius 1 is 1.14 bits per heavy atom. The number of non-ortho nitro benzene ring substituents is 1. The zero-order chi connectivity index (χ0) is 15.1. The Morgan fingerprint density at radius 2 is 1.86 bits per heavy atom. The summed E-state index contributed by atoms with van der Waals surface area (Å²) in [5.41, 5.74) is 2.12. The van der Waals surface area contributed by atoms with E-state index in [0.717, 1.165) is 11.1 Å². The molecule has 1 aromatic heterocycles. The van der Waals surface area contributed by atoms with Gasteiger partial charge in [0.05, 0.1) is 11.5 Å². The quantitative estimate of drug-likeness (QED) is 0.622. The molecule has 1 N–H and O–H groups in total. The number of aliphatic hydroxyl groups excluding tert-OH is 1. The number of aromatic nitrogens is 1. The van der Waals surface area contributed by atoms with Gasteiger partial charge >= 0.3 is 0 Å². The van der Waals surface area contributed by atoms with E-state index in [1.165, 1.54) is 12.1 Å². The van der Waals surface area contributed by atoms with E-state index in [1.807, 2.05) is 12.1 Å². The van der Waals surface area contributed by atoms with Crippen LogP contribution in [0.25, 0.3) is 0 Å². The van der Waals surface area contributed by atoms with Crippen LogP contribution in [0, 0.1) is 10.1 Å². The first kappa shape index (κ1) is 15.1. The molecule has 0 fully saturated rings. The van der Waals surface area contributed by atoms with Crippen molar-refractivity contribution in [1.82, 2.24) is 9.88 Å². The molecule has 21 heavy (non-hydrogen) atoms. The molecule has 0 unspecified atom stereocenters. The largest absolute Gasteiger partial charge is 0.395 e. The van der Waals surface area contributed by atoms with Crippen molar-refractivity contribution in [3.05, 3.63) is 70.0 Å². The zero-order valence-electron chi connectivity index (χ0n) is 11.6. The maximum atomic E-state index is 10.6. The Labute approximate surface area is 122 Å². The van der Waals surface area contributed by atoms with Gasteiger partial charge in [0.2, 0.25) is 0 Å². The van der Waals surface area contributed by atoms with Crippen molar-refractivity contribution < 1.29 is 10.0 Å². The Hall–Kier alpha value is -2.31. The Kier molecular flexibility index (Phi) is 5.36. The molecule has 0 atom stereocenters. The maximum absolute atomic E-state index is 10.6. The lowest BCUT2D eigenvalue weighted by Crippen LogP contribution is -2.26. The van der Waals surface area contributed by atoms with Gasteiger partial charge in [-0.25, -0.2) is 0 Å². The molecule has 0 aliphatic rings. The molecule has 0 aliphatic carbocycles. The Balaban J connectivity index is 2.03. The van der Waals surface area contributed by atoms with Crippen LogP contribution in [-0.2, 0) is 13.1 Å². The third-order valence-corrected chi connectivity index (χ3v) is 3.10. The van der Waals surface area contributed by atoms with Crippen LogP contribution in [0.5, 0.6) is 0 Å². The molecule has 2 aromatic rings. The number of nitro groups is 1. The van der Waals surface area contributed by atoms with Crippen molar-refractivity contribution in [2.75, 3.05) is 13.2 Å². The highest BCUT2D eigenvalue weighted by atomic mass is 16.6. The highest BCUT2D eigenvalue weighted by Crippen LogP contribution is 2.14. The van der Waals surface area contributed by atoms with Crippen LogP contribution in [0.15, 0.2) is 48.8 Å². The molecule has 0 amide bonds. The summed E-state index contributed by atoms with van der Waals surface area (Å²) in [6.07, 6.45) is 3.51. The summed E-state index contributed by atoms with van der Waals surface area (Å²) in [7, 11) is 0. The fourth-order valence-electron chi connectivity index (χ4n) is 2.09. The average molecular weight is 287 g/mol. The van der Waals surface area contributed by atoms with Crippen LogP contribution < -0.4 is 0 Å². The van der Waals surface area contributed by atoms with Crippen molar-refractivity contribution in [2.45, 2.75) is 13.1 Å². The van der Waals surface area contributed by atoms with Crippen molar-refractivity contribution in [1.29, 1.82) is 0 Å². The first-order valence-electron chi connectivity index (χ1n) is 6.64. The molecule has 110 valence electrons. The van der Waals surface area contributed by atoms with E-state index >= 15 is 0 Å². The van der Waals surface area contributed by atoms with Crippen LogP contribution in [-0.4, -0.2) is 33.1 Å². The van der Waals surface area contributed by atoms with Crippen LogP contribution in [0.4, 0.5) is 5.69 Å². The normalized spacial score (nSPS) is 10.8. The van der Waals surface area contributed by atoms with E-state index in [-0.39, 0.29) is 12.3 Å². The standard InChI is InChI=1S/C15H17N3O3/c19-9-8-17(12-14-2-1-7-16-10-14)11-13-3-5-15(6-4-13)18(20)21/h1-7,10,19H,8-9,11-12H2. The van der Waals surface area contributed by atoms with Crippen molar-refractivity contribution in [3.8, 4) is 0 Å². The summed E-state index contributed by atoms with van der Waals surface area (Å²) in [4.78, 5) is 16.4. The van der Waals surface area contributed by atoms with Crippen molar-refractivity contribution in [3.63, 3.8) is 0 Å². The molecular weight excluding hydrogens is 270 g/mol. The molecule has 1 heterocycles. The molecular formula is C15H17N3O3. The van der Waals surface area contributed by atoms with Crippen LogP contribution in [0.1, 0.15) is 11.1 Å². The smallest absolute Gasteiger partial charge is 0.269 e. The van der Waals surface area contributed by atoms with Crippen molar-refractivity contribution in [2.24, 2.45) is 0 Å². The first-order chi connectivity index (χ1) is 10.2. The maximum Gasteiger partial charge on any atom is 0.269 e. The summed E-state index contributed by atoms with van der Waals surface area (Å²) in [6, 6.07) is 10.3. The lowest BCUT2D eigenvalue weighted by molar-refractivity contribution is -0.384. The van der Waals surface area contributed by atoms with Gasteiger partial charge in [-0.05, 0) is 17.2 Å². The third-order valence-electron chi connectivity index (χ3n) is 3.10. The fourth-order valence-corrected chi connectivity index (χ4v) is 2.09. The molecule has 2 rings (SSSR count). The summed E-state index contributed by atoms with van der Waals surface area (Å²) in [5.74, 6) is 0. The number of nitrogens with zero attached hydrogens (tertiary/aromatic N) is 3. The van der Waals surface area contributed by atoms with Crippen LogP contribution in [0.2, 0.25) is 0 Å². The predicted octanol–water partition coefficient (Wildman–Crippen LogP) is 1.98. The minimum absolute atomic E-state index is 0.0627. The lowest BCUT2D eigenvalue weighted by Gasteiger charge is -2.21. The second-order valence-corrected chi connectivity index (χ2v) is 4.72. The van der Waals surface area contributed by atoms with Crippen molar-refractivity contribution >= 4 is 5.69 Å². The van der Waals surface area contributed by atoms with E-state index in [4.69, 9.17) is 5.11 Å². The molecule has 0 bridgehead atoms. The van der Waals surface area contributed by atoms with Gasteiger partial charge in [-0.3, -0.25) is 20.0 Å². The summed E-state index contributed by atoms with van der Waals surface area (Å²) in [6.45, 7) is 1.89. The van der Waals surface area contributed by atoms with Gasteiger partial charge in [-0.1, -0.05) is 18.2 Å². The monoisotopic (exact) mass is 287 g/mol. The predicted molar refractivity (Wildman–Crippen MR) is 78.5 cm³/mol. The fraction of sp³-hybridized carbons (Fsp3) is 0.267. The third kappa shape index (κ3) is 4.62. The number of hydrogen-bond acceptors (Lipinski definition) is 5. The Morgan fingerprint density at radius 3 is 2.43 bits per heavy atom. The van der Waals surface area contributed by atoms with Crippen LogP contribution in [0.3, 0.4) is 0 Å². The molecule has 0 saturated heterocycles. The second kappa shape index (κ2) is 7.47. The number of hydrogen-bond donors (Lipinski definition) is 1. The van der Waals surface area contributed by atoms with Gasteiger partial charge in [0.1, 0.15) is 0 Å². The number of pyridine rings is 1. The van der Waals surface area contributed by atoms with E-state index in [1.54, 1.807) is 24.5 Å². The van der Waals surface area contributed by atoms with E-state index in [9.17, 15) is 10.1 Å². The SMILES string of the molecule is O=[N+]([O-])c1ccc(CN(CCO)Cc2cccnc2)cc1. The van der Waals surface area contributed by atoms with Crippen LogP contribution >= 0.6 is 0 Å². The van der Waals surface area contributed by atoms with Gasteiger partial charge in [0, 0.05) is 44.2 Å². The molecule has 6 heteroatoms. The number of rotatable bonds is 7. The lowest BCUT2D eigenvalue weighted by atomic mass is 10.2. The van der Waals surface area contributed by atoms with E-state index < -0.39 is 4.92 Å². The van der Waals surface area contributed by atoms with Gasteiger partial charge in [0.15, 0.2) is 0 Å². The van der Waals surface area contributed by atoms with Gasteiger partial charge in [-0.15, -0.1) is 0 Å². The minimum atomic E-state index is -0.412. The molecule has 1 aromatic carbocycles. The number of benzene rings is 1. The highest BCUT2D eigenvalue weighted by molar-refractivity contribution is 5.32. The molecule has 0 spiro atoms. The van der Waals surface area contributed by atoms with Gasteiger partial charge in [0.25, 0.3) is 5.69 Å². The highest BCUT2D eigenvalue weighted by Gasteiger charge is 2.09. The minimum Gasteiger partial charge on any atom is -0.395 e.